The van der Waals surface area contributed by atoms with Gasteiger partial charge in [-0.1, -0.05) is 146 Å². The van der Waals surface area contributed by atoms with Gasteiger partial charge in [-0.2, -0.15) is 0 Å². The number of hydrogen-bond acceptors (Lipinski definition) is 4. The average molecular weight is 676 g/mol. The van der Waals surface area contributed by atoms with Crippen LogP contribution < -0.4 is 0 Å². The summed E-state index contributed by atoms with van der Waals surface area (Å²) in [5.74, 6) is 1.83. The molecule has 2 heterocycles. The fraction of sp³-hybridized carbons (Fsp3) is 0. The van der Waals surface area contributed by atoms with E-state index >= 15 is 0 Å². The van der Waals surface area contributed by atoms with Crippen molar-refractivity contribution in [3.63, 3.8) is 0 Å². The molecule has 0 saturated carbocycles. The van der Waals surface area contributed by atoms with Gasteiger partial charge in [-0.05, 0) is 84.5 Å². The van der Waals surface area contributed by atoms with Gasteiger partial charge in [0.2, 0.25) is 0 Å². The van der Waals surface area contributed by atoms with Gasteiger partial charge in [0.25, 0.3) is 0 Å². The molecule has 11 rings (SSSR count). The molecule has 0 radical (unpaired) electrons. The normalized spacial score (nSPS) is 11.8. The van der Waals surface area contributed by atoms with Crippen molar-refractivity contribution in [2.24, 2.45) is 0 Å². The van der Waals surface area contributed by atoms with Gasteiger partial charge in [0.15, 0.2) is 17.5 Å². The van der Waals surface area contributed by atoms with Gasteiger partial charge in [-0.25, -0.2) is 15.0 Å². The van der Waals surface area contributed by atoms with E-state index in [1.165, 1.54) is 37.7 Å². The lowest BCUT2D eigenvalue weighted by Gasteiger charge is -2.12. The Kier molecular flexibility index (Phi) is 6.52. The number of furan rings is 1. The molecule has 0 aliphatic carbocycles. The second-order valence-electron chi connectivity index (χ2n) is 13.6. The van der Waals surface area contributed by atoms with Crippen LogP contribution in [0.25, 0.3) is 110 Å². The molecule has 0 saturated heterocycles. The van der Waals surface area contributed by atoms with Crippen LogP contribution in [-0.4, -0.2) is 15.0 Å². The summed E-state index contributed by atoms with van der Waals surface area (Å²) < 4.78 is 6.54. The smallest absolute Gasteiger partial charge is 0.164 e. The minimum Gasteiger partial charge on any atom is -0.456 e. The van der Waals surface area contributed by atoms with Crippen LogP contribution >= 0.6 is 0 Å². The molecule has 0 fully saturated rings. The SMILES string of the molecule is c1ccc(-c2nc(-c3ccc4c(ccc5ccc6ccccc6c54)c3)nc(-c3cc(-c4ccc5ccccc5c4)cc4oc5ccccc5c34)n2)cc1. The van der Waals surface area contributed by atoms with Crippen molar-refractivity contribution in [2.75, 3.05) is 0 Å². The van der Waals surface area contributed by atoms with E-state index in [2.05, 4.69) is 146 Å². The number of benzene rings is 9. The molecule has 0 atom stereocenters. The fourth-order valence-electron chi connectivity index (χ4n) is 7.88. The Morgan fingerprint density at radius 3 is 1.77 bits per heavy atom. The van der Waals surface area contributed by atoms with E-state index in [1.54, 1.807) is 0 Å². The van der Waals surface area contributed by atoms with E-state index in [0.29, 0.717) is 17.5 Å². The molecule has 4 nitrogen and oxygen atoms in total. The predicted octanol–water partition coefficient (Wildman–Crippen LogP) is 13.1. The monoisotopic (exact) mass is 675 g/mol. The number of aromatic nitrogens is 3. The van der Waals surface area contributed by atoms with Crippen molar-refractivity contribution in [2.45, 2.75) is 0 Å². The number of fused-ring (bicyclic) bond motifs is 9. The second-order valence-corrected chi connectivity index (χ2v) is 13.6. The van der Waals surface area contributed by atoms with Gasteiger partial charge in [0.05, 0.1) is 0 Å². The van der Waals surface area contributed by atoms with Crippen molar-refractivity contribution in [1.29, 1.82) is 0 Å². The van der Waals surface area contributed by atoms with Crippen LogP contribution in [0.1, 0.15) is 0 Å². The second kappa shape index (κ2) is 11.7. The van der Waals surface area contributed by atoms with Gasteiger partial charge in [0, 0.05) is 27.5 Å². The summed E-state index contributed by atoms with van der Waals surface area (Å²) in [5, 5.41) is 11.7. The number of rotatable bonds is 4. The highest BCUT2D eigenvalue weighted by Crippen LogP contribution is 2.41. The van der Waals surface area contributed by atoms with Gasteiger partial charge < -0.3 is 4.42 Å². The lowest BCUT2D eigenvalue weighted by Crippen LogP contribution is -2.00. The molecule has 9 aromatic carbocycles. The first-order chi connectivity index (χ1) is 26.2. The first kappa shape index (κ1) is 29.5. The third-order valence-corrected chi connectivity index (χ3v) is 10.5. The Morgan fingerprint density at radius 1 is 0.302 bits per heavy atom. The summed E-state index contributed by atoms with van der Waals surface area (Å²) in [6.07, 6.45) is 0. The quantitative estimate of drug-likeness (QED) is 0.174. The van der Waals surface area contributed by atoms with Gasteiger partial charge >= 0.3 is 0 Å². The Labute approximate surface area is 304 Å². The molecule has 0 unspecified atom stereocenters. The average Bonchev–Trinajstić information content (AvgIpc) is 3.61. The molecule has 0 amide bonds. The topological polar surface area (TPSA) is 51.8 Å². The van der Waals surface area contributed by atoms with Crippen LogP contribution in [0.4, 0.5) is 0 Å². The van der Waals surface area contributed by atoms with Crippen LogP contribution in [-0.2, 0) is 0 Å². The Bertz CT molecular complexity index is 3240. The van der Waals surface area contributed by atoms with Crippen molar-refractivity contribution >= 4 is 65.0 Å². The third kappa shape index (κ3) is 4.88. The maximum Gasteiger partial charge on any atom is 0.164 e. The largest absolute Gasteiger partial charge is 0.456 e. The van der Waals surface area contributed by atoms with Crippen LogP contribution in [0.2, 0.25) is 0 Å². The van der Waals surface area contributed by atoms with Gasteiger partial charge in [-0.3, -0.25) is 0 Å². The molecule has 0 bridgehead atoms. The lowest BCUT2D eigenvalue weighted by molar-refractivity contribution is 0.669. The minimum atomic E-state index is 0.595. The highest BCUT2D eigenvalue weighted by Gasteiger charge is 2.20. The zero-order chi connectivity index (χ0) is 34.9. The van der Waals surface area contributed by atoms with E-state index in [9.17, 15) is 0 Å². The van der Waals surface area contributed by atoms with E-state index in [1.807, 2.05) is 30.3 Å². The molecule has 0 spiro atoms. The van der Waals surface area contributed by atoms with Gasteiger partial charge in [0.1, 0.15) is 11.2 Å². The number of nitrogens with zero attached hydrogens (tertiary/aromatic N) is 3. The molecule has 53 heavy (non-hydrogen) atoms. The molecule has 0 aliphatic heterocycles. The highest BCUT2D eigenvalue weighted by atomic mass is 16.3. The van der Waals surface area contributed by atoms with Crippen molar-refractivity contribution in [1.82, 2.24) is 15.0 Å². The predicted molar refractivity (Wildman–Crippen MR) is 219 cm³/mol. The molecule has 11 aromatic rings. The number of para-hydroxylation sites is 1. The highest BCUT2D eigenvalue weighted by molar-refractivity contribution is 6.20. The first-order valence-electron chi connectivity index (χ1n) is 17.8. The zero-order valence-corrected chi connectivity index (χ0v) is 28.5. The summed E-state index contributed by atoms with van der Waals surface area (Å²) in [5.41, 5.74) is 6.50. The van der Waals surface area contributed by atoms with E-state index in [-0.39, 0.29) is 0 Å². The van der Waals surface area contributed by atoms with Crippen molar-refractivity contribution < 1.29 is 4.42 Å². The van der Waals surface area contributed by atoms with Crippen LogP contribution in [0.3, 0.4) is 0 Å². The Hall–Kier alpha value is -7.17. The molecule has 4 heteroatoms. The Morgan fingerprint density at radius 2 is 0.906 bits per heavy atom. The van der Waals surface area contributed by atoms with E-state index < -0.39 is 0 Å². The summed E-state index contributed by atoms with van der Waals surface area (Å²) in [4.78, 5) is 15.6. The number of hydrogen-bond donors (Lipinski definition) is 0. The van der Waals surface area contributed by atoms with E-state index in [0.717, 1.165) is 55.1 Å². The van der Waals surface area contributed by atoms with Gasteiger partial charge in [-0.15, -0.1) is 0 Å². The van der Waals surface area contributed by atoms with Crippen LogP contribution in [0.5, 0.6) is 0 Å². The first-order valence-corrected chi connectivity index (χ1v) is 17.8. The maximum atomic E-state index is 6.54. The molecular weight excluding hydrogens is 647 g/mol. The van der Waals surface area contributed by atoms with Crippen molar-refractivity contribution in [3.8, 4) is 45.3 Å². The zero-order valence-electron chi connectivity index (χ0n) is 28.5. The summed E-state index contributed by atoms with van der Waals surface area (Å²) in [7, 11) is 0. The molecular formula is C49H29N3O. The summed E-state index contributed by atoms with van der Waals surface area (Å²) in [6, 6.07) is 61.7. The van der Waals surface area contributed by atoms with Crippen LogP contribution in [0.15, 0.2) is 180 Å². The van der Waals surface area contributed by atoms with Crippen molar-refractivity contribution in [3.05, 3.63) is 176 Å². The van der Waals surface area contributed by atoms with E-state index in [4.69, 9.17) is 19.4 Å². The summed E-state index contributed by atoms with van der Waals surface area (Å²) >= 11 is 0. The third-order valence-electron chi connectivity index (χ3n) is 10.5. The standard InChI is InChI=1S/C49H29N3O/c1-2-12-33(13-3-1)47-50-48(37-24-25-40-36(27-37)23-21-32-20-19-31-11-6-7-15-39(31)45(32)40)52-49(51-47)42-28-38(35-22-18-30-10-4-5-14-34(30)26-35)29-44-46(42)41-16-8-9-17-43(41)53-44/h1-29H. The maximum absolute atomic E-state index is 6.54. The molecule has 0 aliphatic rings. The summed E-state index contributed by atoms with van der Waals surface area (Å²) in [6.45, 7) is 0. The Balaban J connectivity index is 1.16. The molecule has 2 aromatic heterocycles. The molecule has 246 valence electrons. The minimum absolute atomic E-state index is 0.595. The fourth-order valence-corrected chi connectivity index (χ4v) is 7.88. The van der Waals surface area contributed by atoms with Crippen LogP contribution in [0, 0.1) is 0 Å². The molecule has 0 N–H and O–H groups in total. The lowest BCUT2D eigenvalue weighted by atomic mass is 9.95.